The maximum Gasteiger partial charge on any atom is 0.235 e. The first-order valence-corrected chi connectivity index (χ1v) is 38.8. The number of halogens is 1. The quantitative estimate of drug-likeness (QED) is 0.118. The highest BCUT2D eigenvalue weighted by molar-refractivity contribution is 6.29. The molecule has 0 fully saturated rings. The van der Waals surface area contributed by atoms with Crippen LogP contribution >= 0.6 is 11.6 Å². The highest BCUT2D eigenvalue weighted by atomic mass is 35.5. The van der Waals surface area contributed by atoms with Gasteiger partial charge in [-0.25, -0.2) is 19.9 Å². The van der Waals surface area contributed by atoms with Crippen LogP contribution in [0.15, 0.2) is 388 Å². The minimum Gasteiger partial charge on any atom is -0.309 e. The monoisotopic (exact) mass is 1460 g/mol. The maximum atomic E-state index is 6.15. The predicted octanol–water partition coefficient (Wildman–Crippen LogP) is 27.7. The summed E-state index contributed by atoms with van der Waals surface area (Å²) >= 11 is 6.15. The van der Waals surface area contributed by atoms with Gasteiger partial charge in [0.2, 0.25) is 11.2 Å². The lowest BCUT2D eigenvalue weighted by Crippen LogP contribution is -2.04. The van der Waals surface area contributed by atoms with Crippen molar-refractivity contribution >= 4 is 142 Å². The topological polar surface area (TPSA) is 66.3 Å². The highest BCUT2D eigenvalue weighted by Gasteiger charge is 2.26. The molecule has 1 aliphatic carbocycles. The first-order chi connectivity index (χ1) is 56.0. The fourth-order valence-corrected chi connectivity index (χ4v) is 18.1. The summed E-state index contributed by atoms with van der Waals surface area (Å²) in [5.41, 5.74) is 25.7. The molecule has 18 aromatic carbocycles. The summed E-state index contributed by atoms with van der Waals surface area (Å²) in [5, 5.41) is 19.3. The molecule has 7 nitrogen and oxygen atoms in total. The molecule has 113 heavy (non-hydrogen) atoms. The minimum atomic E-state index is 0.276. The third kappa shape index (κ3) is 10.9. The van der Waals surface area contributed by atoms with Crippen molar-refractivity contribution in [2.24, 2.45) is 0 Å². The second-order valence-corrected chi connectivity index (χ2v) is 29.5. The van der Waals surface area contributed by atoms with Crippen LogP contribution < -0.4 is 0 Å². The van der Waals surface area contributed by atoms with E-state index in [-0.39, 0.29) is 5.28 Å². The van der Waals surface area contributed by atoms with Gasteiger partial charge in [0.15, 0.2) is 0 Å². The molecular weight excluding hydrogens is 1390 g/mol. The lowest BCUT2D eigenvalue weighted by molar-refractivity contribution is 1.02. The van der Waals surface area contributed by atoms with Crippen LogP contribution in [0.2, 0.25) is 5.28 Å². The maximum absolute atomic E-state index is 6.15. The number of rotatable bonds is 7. The summed E-state index contributed by atoms with van der Waals surface area (Å²) in [6, 6.07) is 139. The summed E-state index contributed by atoms with van der Waals surface area (Å²) in [5.74, 6) is 0.659. The van der Waals surface area contributed by atoms with Crippen molar-refractivity contribution in [3.8, 4) is 73.2 Å². The molecule has 0 saturated heterocycles. The zero-order chi connectivity index (χ0) is 74.6. The Balaban J connectivity index is 0.000000116. The molecule has 5 heterocycles. The van der Waals surface area contributed by atoms with Crippen LogP contribution in [0.3, 0.4) is 0 Å². The van der Waals surface area contributed by atoms with E-state index in [0.29, 0.717) is 5.95 Å². The van der Waals surface area contributed by atoms with E-state index in [2.05, 4.69) is 369 Å². The fourth-order valence-electron chi connectivity index (χ4n) is 17.9. The first kappa shape index (κ1) is 65.5. The van der Waals surface area contributed by atoms with Crippen molar-refractivity contribution < 1.29 is 0 Å². The molecule has 5 aromatic heterocycles. The number of hydrogen-bond acceptors (Lipinski definition) is 4. The van der Waals surface area contributed by atoms with E-state index in [4.69, 9.17) is 21.6 Å². The van der Waals surface area contributed by atoms with Gasteiger partial charge < -0.3 is 9.13 Å². The van der Waals surface area contributed by atoms with Gasteiger partial charge in [-0.1, -0.05) is 297 Å². The van der Waals surface area contributed by atoms with Gasteiger partial charge in [-0.2, -0.15) is 0 Å². The Hall–Kier alpha value is -14.6. The summed E-state index contributed by atoms with van der Waals surface area (Å²) in [4.78, 5) is 19.8. The Kier molecular flexibility index (Phi) is 15.6. The number of fused-ring (bicyclic) bond motifs is 22. The lowest BCUT2D eigenvalue weighted by atomic mass is 9.91. The van der Waals surface area contributed by atoms with Gasteiger partial charge in [-0.05, 0) is 180 Å². The fraction of sp³-hybridized carbons (Fsp3) is 0.00952. The molecule has 1 aliphatic rings. The Bertz CT molecular complexity index is 7780. The Morgan fingerprint density at radius 3 is 1.19 bits per heavy atom. The Labute approximate surface area is 655 Å². The van der Waals surface area contributed by atoms with E-state index in [9.17, 15) is 0 Å². The van der Waals surface area contributed by atoms with Crippen LogP contribution in [0.5, 0.6) is 0 Å². The second kappa shape index (κ2) is 26.9. The molecule has 0 bridgehead atoms. The summed E-state index contributed by atoms with van der Waals surface area (Å²) in [6.07, 6.45) is 1.01. The average Bonchev–Trinajstić information content (AvgIpc) is 1.58. The molecule has 0 amide bonds. The number of para-hydroxylation sites is 5. The largest absolute Gasteiger partial charge is 0.309 e. The molecule has 8 heteroatoms. The average molecular weight is 1460 g/mol. The second-order valence-electron chi connectivity index (χ2n) is 29.2. The first-order valence-electron chi connectivity index (χ1n) is 38.4. The smallest absolute Gasteiger partial charge is 0.235 e. The molecule has 0 spiro atoms. The molecule has 0 atom stereocenters. The minimum absolute atomic E-state index is 0.276. The van der Waals surface area contributed by atoms with E-state index in [0.717, 1.165) is 94.4 Å². The number of nitrogens with zero attached hydrogens (tertiary/aromatic N) is 7. The van der Waals surface area contributed by atoms with Gasteiger partial charge in [0.1, 0.15) is 0 Å². The van der Waals surface area contributed by atoms with E-state index in [1.165, 1.54) is 121 Å². The molecule has 528 valence electrons. The van der Waals surface area contributed by atoms with Gasteiger partial charge in [-0.3, -0.25) is 4.57 Å². The van der Waals surface area contributed by atoms with Gasteiger partial charge in [0.25, 0.3) is 0 Å². The molecule has 0 saturated carbocycles. The van der Waals surface area contributed by atoms with Crippen LogP contribution in [0.4, 0.5) is 0 Å². The Morgan fingerprint density at radius 1 is 0.230 bits per heavy atom. The van der Waals surface area contributed by atoms with Gasteiger partial charge in [0.05, 0.1) is 55.5 Å². The van der Waals surface area contributed by atoms with Crippen molar-refractivity contribution in [2.75, 3.05) is 0 Å². The van der Waals surface area contributed by atoms with Crippen molar-refractivity contribution in [1.29, 1.82) is 0 Å². The molecule has 0 N–H and O–H groups in total. The predicted molar refractivity (Wildman–Crippen MR) is 474 cm³/mol. The number of benzene rings is 18. The summed E-state index contributed by atoms with van der Waals surface area (Å²) < 4.78 is 7.05. The van der Waals surface area contributed by atoms with Crippen LogP contribution in [-0.2, 0) is 6.42 Å². The molecule has 0 radical (unpaired) electrons. The van der Waals surface area contributed by atoms with E-state index in [1.54, 1.807) is 0 Å². The third-order valence-corrected chi connectivity index (χ3v) is 23.1. The summed E-state index contributed by atoms with van der Waals surface area (Å²) in [7, 11) is 0. The van der Waals surface area contributed by atoms with Crippen LogP contribution in [0, 0.1) is 0 Å². The lowest BCUT2D eigenvalue weighted by Gasteiger charge is -2.15. The summed E-state index contributed by atoms with van der Waals surface area (Å²) in [6.45, 7) is 0. The number of aromatic nitrogens is 7. The molecule has 0 aliphatic heterocycles. The SMILES string of the molecule is Clc1nc(-c2ccccc2)c2ccc3ccccc3c2n1.c1ccc(-c2nc(-n3c4ccccc4c4cc(-c5ccc6c(c5)c5ccccc5n6-c5ccccc5)c5ccccc5c43)nc3c2ccc2ccccc23)cc1.c1ccc(-n2c3ccccc3c3cc(-c4cc5c(c6ccccc46)Cc4ccccc4-5)ccc32)cc1. The van der Waals surface area contributed by atoms with Crippen LogP contribution in [-0.4, -0.2) is 33.6 Å². The number of hydrogen-bond donors (Lipinski definition) is 0. The van der Waals surface area contributed by atoms with Gasteiger partial charge >= 0.3 is 0 Å². The van der Waals surface area contributed by atoms with Crippen molar-refractivity contribution in [1.82, 2.24) is 33.6 Å². The zero-order valence-electron chi connectivity index (χ0n) is 61.2. The van der Waals surface area contributed by atoms with Crippen molar-refractivity contribution in [3.05, 3.63) is 405 Å². The van der Waals surface area contributed by atoms with Gasteiger partial charge in [0, 0.05) is 81.8 Å². The van der Waals surface area contributed by atoms with Crippen LogP contribution in [0.25, 0.3) is 204 Å². The highest BCUT2D eigenvalue weighted by Crippen LogP contribution is 2.48. The normalized spacial score (nSPS) is 11.9. The van der Waals surface area contributed by atoms with E-state index < -0.39 is 0 Å². The molecule has 24 rings (SSSR count). The van der Waals surface area contributed by atoms with E-state index in [1.807, 2.05) is 42.5 Å². The molecule has 23 aromatic rings. The van der Waals surface area contributed by atoms with Crippen LogP contribution in [0.1, 0.15) is 11.1 Å². The molecule has 0 unspecified atom stereocenters. The van der Waals surface area contributed by atoms with E-state index >= 15 is 0 Å². The standard InChI is InChI=1S/C52H32N4.C35H23N.C18H11ClN2/c1-3-16-34(17-4-1)49-42-29-27-33-15-7-8-20-37(33)50(42)54-52(53-49)56-47-26-14-12-23-40(47)45-32-43(38-21-9-10-24-41(38)51(45)56)35-28-30-48-44(31-35)39-22-11-13-25-46(39)55(48)36-18-5-2-6-19-36;1-2-11-25(12-3-1)36-34-17-9-8-16-29(34)33-21-24(18-19-35(33)36)30-22-32-26-13-5-4-10-23(26)20-31(32)28-15-7-6-14-27(28)30;19-18-20-16(13-7-2-1-3-8-13)15-11-10-12-6-4-5-9-14(12)17(15)21-18/h1-32H;1-19,21-22H,20H2;1-11H. The van der Waals surface area contributed by atoms with Crippen molar-refractivity contribution in [3.63, 3.8) is 0 Å². The van der Waals surface area contributed by atoms with Gasteiger partial charge in [-0.15, -0.1) is 0 Å². The third-order valence-electron chi connectivity index (χ3n) is 22.9. The molecular formula is C105H66ClN7. The zero-order valence-corrected chi connectivity index (χ0v) is 61.9. The Morgan fingerprint density at radius 2 is 0.637 bits per heavy atom. The van der Waals surface area contributed by atoms with Crippen molar-refractivity contribution in [2.45, 2.75) is 6.42 Å².